The van der Waals surface area contributed by atoms with Crippen molar-refractivity contribution in [2.75, 3.05) is 18.6 Å². The molecule has 0 unspecified atom stereocenters. The molecule has 0 aliphatic carbocycles. The molecule has 0 bridgehead atoms. The number of fused-ring (bicyclic) bond motifs is 5. The molecule has 1 aliphatic rings. The Labute approximate surface area is 194 Å². The number of benzene rings is 1. The Morgan fingerprint density at radius 1 is 1.12 bits per heavy atom. The van der Waals surface area contributed by atoms with Crippen LogP contribution in [0.4, 0.5) is 5.82 Å². The fourth-order valence-corrected chi connectivity index (χ4v) is 5.70. The second-order valence-corrected chi connectivity index (χ2v) is 8.84. The Hall–Kier alpha value is -3.72. The van der Waals surface area contributed by atoms with Gasteiger partial charge in [0, 0.05) is 17.6 Å². The number of nitrogens with zero attached hydrogens (tertiary/aromatic N) is 6. The van der Waals surface area contributed by atoms with Gasteiger partial charge in [-0.2, -0.15) is 9.61 Å². The molecular weight excluding hydrogens is 436 g/mol. The normalized spacial score (nSPS) is 13.2. The minimum Gasteiger partial charge on any atom is -0.497 e. The van der Waals surface area contributed by atoms with Crippen LogP contribution in [-0.4, -0.2) is 37.8 Å². The lowest BCUT2D eigenvalue weighted by Crippen LogP contribution is -2.30. The second kappa shape index (κ2) is 8.32. The van der Waals surface area contributed by atoms with Gasteiger partial charge in [0.1, 0.15) is 22.7 Å². The van der Waals surface area contributed by atoms with Crippen LogP contribution < -0.4 is 15.3 Å². The Kier molecular flexibility index (Phi) is 5.33. The van der Waals surface area contributed by atoms with Crippen molar-refractivity contribution in [3.8, 4) is 5.75 Å². The Morgan fingerprint density at radius 2 is 1.97 bits per heavy atom. The predicted molar refractivity (Wildman–Crippen MR) is 130 cm³/mol. The highest BCUT2D eigenvalue weighted by Crippen LogP contribution is 2.37. The van der Waals surface area contributed by atoms with E-state index in [4.69, 9.17) is 4.74 Å². The molecule has 168 valence electrons. The standard InChI is InChI=1S/C23H20N6O2S.CH4/c1-31-16-7-5-15(6-8-16)12-28-22-20(21-25-14-26-29(21)23(28)30)17-9-11-27(13-18(17)32-22)19-4-2-3-10-24-19;/h2-8,10,14H,9,11-13H2,1H3;1H4. The van der Waals surface area contributed by atoms with E-state index in [-0.39, 0.29) is 13.1 Å². The summed E-state index contributed by atoms with van der Waals surface area (Å²) in [6.07, 6.45) is 4.15. The fourth-order valence-electron chi connectivity index (χ4n) is 4.35. The molecule has 0 spiro atoms. The topological polar surface area (TPSA) is 77.5 Å². The van der Waals surface area contributed by atoms with E-state index < -0.39 is 0 Å². The van der Waals surface area contributed by atoms with Crippen LogP contribution in [0.2, 0.25) is 0 Å². The van der Waals surface area contributed by atoms with E-state index in [1.54, 1.807) is 18.4 Å². The number of anilines is 1. The molecule has 5 heterocycles. The average Bonchev–Trinajstić information content (AvgIpc) is 3.47. The lowest BCUT2D eigenvalue weighted by molar-refractivity contribution is 0.414. The van der Waals surface area contributed by atoms with Gasteiger partial charge < -0.3 is 9.64 Å². The van der Waals surface area contributed by atoms with Crippen LogP contribution in [0.5, 0.6) is 5.75 Å². The van der Waals surface area contributed by atoms with Crippen molar-refractivity contribution < 1.29 is 4.74 Å². The zero-order valence-corrected chi connectivity index (χ0v) is 18.2. The maximum absolute atomic E-state index is 13.3. The molecule has 0 amide bonds. The first-order chi connectivity index (χ1) is 15.7. The molecule has 6 rings (SSSR count). The highest BCUT2D eigenvalue weighted by atomic mass is 32.1. The third kappa shape index (κ3) is 3.45. The Morgan fingerprint density at radius 3 is 2.73 bits per heavy atom. The van der Waals surface area contributed by atoms with E-state index in [2.05, 4.69) is 20.0 Å². The van der Waals surface area contributed by atoms with Crippen LogP contribution in [0.3, 0.4) is 0 Å². The van der Waals surface area contributed by atoms with Crippen molar-refractivity contribution in [1.82, 2.24) is 24.1 Å². The molecule has 5 aromatic rings. The molecular formula is C24H24N6O2S. The number of ether oxygens (including phenoxy) is 1. The van der Waals surface area contributed by atoms with Crippen LogP contribution >= 0.6 is 11.3 Å². The largest absolute Gasteiger partial charge is 0.497 e. The van der Waals surface area contributed by atoms with E-state index in [0.29, 0.717) is 12.2 Å². The van der Waals surface area contributed by atoms with Gasteiger partial charge in [0.2, 0.25) is 0 Å². The molecule has 9 heteroatoms. The first kappa shape index (κ1) is 21.1. The summed E-state index contributed by atoms with van der Waals surface area (Å²) in [4.78, 5) is 26.7. The van der Waals surface area contributed by atoms with E-state index in [1.807, 2.05) is 53.2 Å². The van der Waals surface area contributed by atoms with Gasteiger partial charge in [-0.15, -0.1) is 11.3 Å². The molecule has 8 nitrogen and oxygen atoms in total. The van der Waals surface area contributed by atoms with Gasteiger partial charge in [0.25, 0.3) is 0 Å². The molecule has 1 aliphatic heterocycles. The van der Waals surface area contributed by atoms with Crippen molar-refractivity contribution in [1.29, 1.82) is 0 Å². The SMILES string of the molecule is C.COc1ccc(Cn2c(=O)n3ncnc3c3c4c(sc32)CN(c2ccccn2)CC4)cc1. The molecule has 0 saturated carbocycles. The van der Waals surface area contributed by atoms with Crippen molar-refractivity contribution >= 4 is 33.0 Å². The van der Waals surface area contributed by atoms with Crippen LogP contribution in [0.25, 0.3) is 15.9 Å². The summed E-state index contributed by atoms with van der Waals surface area (Å²) in [5, 5.41) is 5.26. The van der Waals surface area contributed by atoms with E-state index >= 15 is 0 Å². The summed E-state index contributed by atoms with van der Waals surface area (Å²) < 4.78 is 8.50. The minimum atomic E-state index is -0.180. The number of hydrogen-bond acceptors (Lipinski definition) is 7. The van der Waals surface area contributed by atoms with Crippen LogP contribution in [0.1, 0.15) is 23.4 Å². The summed E-state index contributed by atoms with van der Waals surface area (Å²) in [5.41, 5.74) is 2.74. The summed E-state index contributed by atoms with van der Waals surface area (Å²) in [6.45, 7) is 2.09. The smallest absolute Gasteiger partial charge is 0.352 e. The number of rotatable bonds is 4. The maximum atomic E-state index is 13.3. The first-order valence-electron chi connectivity index (χ1n) is 10.4. The third-order valence-electron chi connectivity index (χ3n) is 5.94. The molecule has 0 N–H and O–H groups in total. The van der Waals surface area contributed by atoms with E-state index in [9.17, 15) is 4.79 Å². The maximum Gasteiger partial charge on any atom is 0.352 e. The summed E-state index contributed by atoms with van der Waals surface area (Å²) in [6, 6.07) is 13.8. The van der Waals surface area contributed by atoms with Gasteiger partial charge >= 0.3 is 5.69 Å². The molecule has 0 fully saturated rings. The van der Waals surface area contributed by atoms with Crippen LogP contribution in [-0.2, 0) is 19.5 Å². The Bertz CT molecular complexity index is 1490. The summed E-state index contributed by atoms with van der Waals surface area (Å²) >= 11 is 1.67. The molecule has 0 atom stereocenters. The van der Waals surface area contributed by atoms with Gasteiger partial charge in [0.05, 0.1) is 25.6 Å². The molecule has 0 saturated heterocycles. The molecule has 1 aromatic carbocycles. The van der Waals surface area contributed by atoms with Crippen LogP contribution in [0.15, 0.2) is 59.8 Å². The number of aromatic nitrogens is 5. The van der Waals surface area contributed by atoms with E-state index in [1.165, 1.54) is 21.3 Å². The lowest BCUT2D eigenvalue weighted by atomic mass is 10.1. The van der Waals surface area contributed by atoms with Gasteiger partial charge in [-0.1, -0.05) is 25.6 Å². The fraction of sp³-hybridized carbons (Fsp3) is 0.250. The van der Waals surface area contributed by atoms with E-state index in [0.717, 1.165) is 46.9 Å². The number of methoxy groups -OCH3 is 1. The monoisotopic (exact) mass is 460 g/mol. The van der Waals surface area contributed by atoms with Gasteiger partial charge in [-0.05, 0) is 41.8 Å². The van der Waals surface area contributed by atoms with Crippen molar-refractivity contribution in [2.45, 2.75) is 26.9 Å². The summed E-state index contributed by atoms with van der Waals surface area (Å²) in [7, 11) is 1.64. The summed E-state index contributed by atoms with van der Waals surface area (Å²) in [5.74, 6) is 1.76. The molecule has 4 aromatic heterocycles. The van der Waals surface area contributed by atoms with Crippen molar-refractivity contribution in [3.05, 3.63) is 81.5 Å². The lowest BCUT2D eigenvalue weighted by Gasteiger charge is -2.27. The number of pyridine rings is 1. The number of thiophene rings is 1. The number of hydrogen-bond donors (Lipinski definition) is 0. The average molecular weight is 461 g/mol. The Balaban J connectivity index is 0.00000228. The quantitative estimate of drug-likeness (QED) is 0.406. The van der Waals surface area contributed by atoms with Crippen molar-refractivity contribution in [3.63, 3.8) is 0 Å². The third-order valence-corrected chi connectivity index (χ3v) is 7.18. The van der Waals surface area contributed by atoms with Crippen molar-refractivity contribution in [2.24, 2.45) is 0 Å². The molecule has 0 radical (unpaired) electrons. The van der Waals surface area contributed by atoms with Gasteiger partial charge in [0.15, 0.2) is 5.65 Å². The zero-order chi connectivity index (χ0) is 21.7. The van der Waals surface area contributed by atoms with Gasteiger partial charge in [-0.25, -0.2) is 14.8 Å². The minimum absolute atomic E-state index is 0. The highest BCUT2D eigenvalue weighted by molar-refractivity contribution is 7.19. The van der Waals surface area contributed by atoms with Gasteiger partial charge in [-0.3, -0.25) is 4.57 Å². The highest BCUT2D eigenvalue weighted by Gasteiger charge is 2.26. The van der Waals surface area contributed by atoms with Crippen LogP contribution in [0, 0.1) is 0 Å². The predicted octanol–water partition coefficient (Wildman–Crippen LogP) is 3.76. The second-order valence-electron chi connectivity index (χ2n) is 7.76. The first-order valence-corrected chi connectivity index (χ1v) is 11.2. The molecule has 33 heavy (non-hydrogen) atoms. The zero-order valence-electron chi connectivity index (χ0n) is 17.4.